The summed E-state index contributed by atoms with van der Waals surface area (Å²) in [5.41, 5.74) is 11.4. The summed E-state index contributed by atoms with van der Waals surface area (Å²) in [5.74, 6) is 3.21. The number of anilines is 1. The summed E-state index contributed by atoms with van der Waals surface area (Å²) in [6.45, 7) is 8.91. The molecule has 7 heteroatoms. The van der Waals surface area contributed by atoms with Gasteiger partial charge in [0, 0.05) is 21.9 Å². The monoisotopic (exact) mass is 547 g/mol. The lowest BCUT2D eigenvalue weighted by Gasteiger charge is -2.38. The predicted molar refractivity (Wildman–Crippen MR) is 162 cm³/mol. The van der Waals surface area contributed by atoms with Crippen LogP contribution in [0.15, 0.2) is 53.4 Å². The average Bonchev–Trinajstić information content (AvgIpc) is 2.91. The zero-order chi connectivity index (χ0) is 28.0. The van der Waals surface area contributed by atoms with Gasteiger partial charge in [0.25, 0.3) is 0 Å². The molecule has 3 aromatic carbocycles. The van der Waals surface area contributed by atoms with Crippen LogP contribution in [0.4, 0.5) is 5.69 Å². The van der Waals surface area contributed by atoms with Gasteiger partial charge in [-0.1, -0.05) is 18.2 Å². The maximum absolute atomic E-state index is 10.4. The number of ether oxygens (including phenoxy) is 2. The number of aryl methyl sites for hydroxylation is 1. The molecule has 208 valence electrons. The fourth-order valence-corrected chi connectivity index (χ4v) is 6.08. The van der Waals surface area contributed by atoms with Crippen LogP contribution in [0, 0.1) is 26.2 Å². The van der Waals surface area contributed by atoms with Crippen molar-refractivity contribution in [3.63, 3.8) is 0 Å². The van der Waals surface area contributed by atoms with Crippen LogP contribution in [0.1, 0.15) is 60.4 Å². The van der Waals surface area contributed by atoms with Gasteiger partial charge in [-0.25, -0.2) is 0 Å². The maximum Gasteiger partial charge on any atom is 0.190 e. The highest BCUT2D eigenvalue weighted by molar-refractivity contribution is 7.99. The third-order valence-corrected chi connectivity index (χ3v) is 8.65. The average molecular weight is 548 g/mol. The van der Waals surface area contributed by atoms with E-state index in [4.69, 9.17) is 20.6 Å². The fraction of sp³-hybridized carbons (Fsp3) is 0.406. The summed E-state index contributed by atoms with van der Waals surface area (Å²) in [7, 11) is 0. The molecular formula is C32H41N3O3S. The zero-order valence-corrected chi connectivity index (χ0v) is 24.3. The molecule has 3 aromatic rings. The largest absolute Gasteiger partial charge is 0.507 e. The van der Waals surface area contributed by atoms with Crippen LogP contribution in [0.25, 0.3) is 0 Å². The molecule has 0 aliphatic carbocycles. The number of phenols is 1. The van der Waals surface area contributed by atoms with Crippen molar-refractivity contribution in [2.24, 2.45) is 5.73 Å². The van der Waals surface area contributed by atoms with Gasteiger partial charge in [-0.05, 0) is 119 Å². The van der Waals surface area contributed by atoms with E-state index in [2.05, 4.69) is 42.6 Å². The molecule has 4 rings (SSSR count). The van der Waals surface area contributed by atoms with E-state index < -0.39 is 0 Å². The molecule has 39 heavy (non-hydrogen) atoms. The van der Waals surface area contributed by atoms with Crippen molar-refractivity contribution < 1.29 is 14.6 Å². The van der Waals surface area contributed by atoms with Crippen molar-refractivity contribution in [3.8, 4) is 17.2 Å². The Balaban J connectivity index is 1.17. The van der Waals surface area contributed by atoms with Crippen LogP contribution in [-0.4, -0.2) is 29.0 Å². The number of phenolic OH excluding ortho intramolecular Hbond substituents is 1. The number of thioether (sulfide) groups is 1. The third kappa shape index (κ3) is 7.41. The molecule has 1 heterocycles. The second kappa shape index (κ2) is 12.7. The van der Waals surface area contributed by atoms with Gasteiger partial charge in [-0.2, -0.15) is 0 Å². The number of aromatic hydroxyl groups is 1. The van der Waals surface area contributed by atoms with Gasteiger partial charge in [0.2, 0.25) is 0 Å². The molecule has 1 atom stereocenters. The standard InChI is InChI=1S/C32H41N3O3S/c1-21-22(2)30-28(23(3)29(21)36)14-17-32(4,38-30)16-5-6-18-37-26-12-10-24(11-13-26)15-19-39-27-9-7-8-25(20-27)35-31(33)34/h7-13,20,36H,5-6,14-19H2,1-4H3,(H4,33,34,35). The molecule has 0 radical (unpaired) electrons. The Kier molecular flexibility index (Phi) is 9.33. The topological polar surface area (TPSA) is 101 Å². The lowest BCUT2D eigenvalue weighted by atomic mass is 9.85. The van der Waals surface area contributed by atoms with E-state index in [1.54, 1.807) is 11.8 Å². The quantitative estimate of drug-likeness (QED) is 0.0870. The number of hydrogen-bond donors (Lipinski definition) is 4. The molecular weight excluding hydrogens is 506 g/mol. The predicted octanol–water partition coefficient (Wildman–Crippen LogP) is 7.29. The first kappa shape index (κ1) is 28.7. The number of unbranched alkanes of at least 4 members (excludes halogenated alkanes) is 1. The van der Waals surface area contributed by atoms with Crippen LogP contribution in [0.5, 0.6) is 17.2 Å². The van der Waals surface area contributed by atoms with Crippen LogP contribution in [-0.2, 0) is 12.8 Å². The Hall–Kier alpha value is -3.32. The SMILES string of the molecule is Cc1c(C)c2c(c(C)c1O)CCC(C)(CCCCOc1ccc(CCSc3cccc(NC(=N)N)c3)cc1)O2. The molecule has 1 aliphatic rings. The molecule has 0 bridgehead atoms. The minimum atomic E-state index is -0.182. The van der Waals surface area contributed by atoms with E-state index in [0.29, 0.717) is 12.4 Å². The molecule has 1 aliphatic heterocycles. The van der Waals surface area contributed by atoms with Crippen LogP contribution < -0.4 is 20.5 Å². The van der Waals surface area contributed by atoms with E-state index >= 15 is 0 Å². The van der Waals surface area contributed by atoms with Crippen molar-refractivity contribution in [2.45, 2.75) is 76.7 Å². The molecule has 1 unspecified atom stereocenters. The summed E-state index contributed by atoms with van der Waals surface area (Å²) in [6.07, 6.45) is 5.88. The first-order chi connectivity index (χ1) is 18.6. The van der Waals surface area contributed by atoms with Gasteiger partial charge < -0.3 is 25.6 Å². The van der Waals surface area contributed by atoms with E-state index in [0.717, 1.165) is 88.6 Å². The highest BCUT2D eigenvalue weighted by atomic mass is 32.2. The van der Waals surface area contributed by atoms with Crippen molar-refractivity contribution in [2.75, 3.05) is 17.7 Å². The highest BCUT2D eigenvalue weighted by Crippen LogP contribution is 2.44. The summed E-state index contributed by atoms with van der Waals surface area (Å²) >= 11 is 1.79. The van der Waals surface area contributed by atoms with E-state index in [9.17, 15) is 5.11 Å². The number of nitrogens with two attached hydrogens (primary N) is 1. The lowest BCUT2D eigenvalue weighted by Crippen LogP contribution is -2.37. The maximum atomic E-state index is 10.4. The molecule has 0 saturated carbocycles. The van der Waals surface area contributed by atoms with Crippen molar-refractivity contribution in [3.05, 3.63) is 76.3 Å². The molecule has 0 fully saturated rings. The van der Waals surface area contributed by atoms with E-state index in [1.165, 1.54) is 5.56 Å². The van der Waals surface area contributed by atoms with Gasteiger partial charge >= 0.3 is 0 Å². The number of guanidine groups is 1. The number of benzene rings is 3. The molecule has 6 nitrogen and oxygen atoms in total. The fourth-order valence-electron chi connectivity index (χ4n) is 5.12. The summed E-state index contributed by atoms with van der Waals surface area (Å²) in [6, 6.07) is 16.4. The normalized spacial score (nSPS) is 16.3. The Morgan fingerprint density at radius 2 is 1.87 bits per heavy atom. The number of hydrogen-bond acceptors (Lipinski definition) is 5. The zero-order valence-electron chi connectivity index (χ0n) is 23.5. The van der Waals surface area contributed by atoms with Gasteiger partial charge in [0.15, 0.2) is 5.96 Å². The summed E-state index contributed by atoms with van der Waals surface area (Å²) in [5, 5.41) is 20.6. The minimum absolute atomic E-state index is 0.0547. The van der Waals surface area contributed by atoms with Crippen molar-refractivity contribution in [1.82, 2.24) is 0 Å². The lowest BCUT2D eigenvalue weighted by molar-refractivity contribution is 0.0513. The first-order valence-corrected chi connectivity index (χ1v) is 14.7. The Morgan fingerprint density at radius 3 is 2.62 bits per heavy atom. The summed E-state index contributed by atoms with van der Waals surface area (Å²) < 4.78 is 12.6. The second-order valence-corrected chi connectivity index (χ2v) is 11.9. The van der Waals surface area contributed by atoms with Gasteiger partial charge in [0.05, 0.1) is 6.61 Å². The second-order valence-electron chi connectivity index (χ2n) is 10.7. The molecule has 0 saturated heterocycles. The van der Waals surface area contributed by atoms with E-state index in [-0.39, 0.29) is 11.6 Å². The van der Waals surface area contributed by atoms with Crippen LogP contribution in [0.2, 0.25) is 0 Å². The third-order valence-electron chi connectivity index (χ3n) is 7.66. The number of nitrogens with one attached hydrogen (secondary N) is 2. The number of rotatable bonds is 11. The van der Waals surface area contributed by atoms with Crippen molar-refractivity contribution >= 4 is 23.4 Å². The first-order valence-electron chi connectivity index (χ1n) is 13.7. The van der Waals surface area contributed by atoms with Gasteiger partial charge in [0.1, 0.15) is 22.8 Å². The van der Waals surface area contributed by atoms with Crippen LogP contribution in [0.3, 0.4) is 0 Å². The van der Waals surface area contributed by atoms with Crippen molar-refractivity contribution in [1.29, 1.82) is 5.41 Å². The van der Waals surface area contributed by atoms with E-state index in [1.807, 2.05) is 39.0 Å². The minimum Gasteiger partial charge on any atom is -0.507 e. The molecule has 0 spiro atoms. The molecule has 0 aromatic heterocycles. The van der Waals surface area contributed by atoms with Crippen LogP contribution >= 0.6 is 11.8 Å². The van der Waals surface area contributed by atoms with Gasteiger partial charge in [-0.3, -0.25) is 5.41 Å². The number of fused-ring (bicyclic) bond motifs is 1. The summed E-state index contributed by atoms with van der Waals surface area (Å²) in [4.78, 5) is 1.15. The van der Waals surface area contributed by atoms with Gasteiger partial charge in [-0.15, -0.1) is 11.8 Å². The molecule has 5 N–H and O–H groups in total. The molecule has 0 amide bonds. The Bertz CT molecular complexity index is 1310. The smallest absolute Gasteiger partial charge is 0.190 e. The Morgan fingerprint density at radius 1 is 1.10 bits per heavy atom. The Labute approximate surface area is 236 Å². The highest BCUT2D eigenvalue weighted by Gasteiger charge is 2.34.